The van der Waals surface area contributed by atoms with Gasteiger partial charge in [0.15, 0.2) is 0 Å². The number of carbonyl (C=O) groups is 1. The number of aryl methyl sites for hydroxylation is 3. The molecule has 1 unspecified atom stereocenters. The van der Waals surface area contributed by atoms with E-state index in [9.17, 15) is 14.9 Å². The largest absolute Gasteiger partial charge is 0.457 e. The van der Waals surface area contributed by atoms with Gasteiger partial charge in [-0.2, -0.15) is 5.10 Å². The molecule has 0 radical (unpaired) electrons. The molecule has 1 heterocycles. The number of nitrogens with one attached hydrogen (secondary N) is 1. The standard InChI is InChI=1S/C21H22N4O4/c1-13-5-14(2)7-19(6-13)29-20-9-17(8-18(10-20)25(27)28)23-21(26)16(4)24-12-15(3)11-22-24/h5-12,16H,1-4H3,(H,23,26). The predicted octanol–water partition coefficient (Wildman–Crippen LogP) is 4.71. The quantitative estimate of drug-likeness (QED) is 0.482. The molecular weight excluding hydrogens is 372 g/mol. The van der Waals surface area contributed by atoms with Gasteiger partial charge in [0.25, 0.3) is 5.69 Å². The molecule has 3 rings (SSSR count). The number of amides is 1. The fourth-order valence-corrected chi connectivity index (χ4v) is 2.96. The van der Waals surface area contributed by atoms with Crippen LogP contribution in [-0.2, 0) is 4.79 Å². The molecule has 1 amide bonds. The molecule has 2 aromatic carbocycles. The van der Waals surface area contributed by atoms with E-state index in [1.54, 1.807) is 25.4 Å². The normalized spacial score (nSPS) is 11.7. The molecule has 0 spiro atoms. The highest BCUT2D eigenvalue weighted by Crippen LogP contribution is 2.31. The fourth-order valence-electron chi connectivity index (χ4n) is 2.96. The van der Waals surface area contributed by atoms with Crippen LogP contribution >= 0.6 is 0 Å². The van der Waals surface area contributed by atoms with Gasteiger partial charge in [-0.05, 0) is 56.5 Å². The lowest BCUT2D eigenvalue weighted by Gasteiger charge is -2.14. The van der Waals surface area contributed by atoms with Crippen LogP contribution in [0.2, 0.25) is 0 Å². The topological polar surface area (TPSA) is 99.3 Å². The molecule has 1 N–H and O–H groups in total. The van der Waals surface area contributed by atoms with E-state index in [4.69, 9.17) is 4.74 Å². The van der Waals surface area contributed by atoms with Crippen molar-refractivity contribution in [2.75, 3.05) is 5.32 Å². The molecule has 1 atom stereocenters. The second-order valence-electron chi connectivity index (χ2n) is 7.06. The first-order chi connectivity index (χ1) is 13.7. The van der Waals surface area contributed by atoms with Gasteiger partial charge in [0, 0.05) is 18.3 Å². The van der Waals surface area contributed by atoms with Crippen molar-refractivity contribution in [3.8, 4) is 11.5 Å². The van der Waals surface area contributed by atoms with Crippen LogP contribution in [0, 0.1) is 30.9 Å². The third-order valence-corrected chi connectivity index (χ3v) is 4.31. The number of nitro benzene ring substituents is 1. The average molecular weight is 394 g/mol. The van der Waals surface area contributed by atoms with E-state index < -0.39 is 11.0 Å². The Morgan fingerprint density at radius 2 is 1.72 bits per heavy atom. The van der Waals surface area contributed by atoms with E-state index in [-0.39, 0.29) is 23.0 Å². The average Bonchev–Trinajstić information content (AvgIpc) is 3.06. The summed E-state index contributed by atoms with van der Waals surface area (Å²) in [6.07, 6.45) is 3.42. The first-order valence-corrected chi connectivity index (χ1v) is 9.08. The number of aromatic nitrogens is 2. The number of nitrogens with zero attached hydrogens (tertiary/aromatic N) is 3. The lowest BCUT2D eigenvalue weighted by Crippen LogP contribution is -2.24. The molecule has 0 aliphatic carbocycles. The Morgan fingerprint density at radius 3 is 2.31 bits per heavy atom. The van der Waals surface area contributed by atoms with E-state index in [1.165, 1.54) is 16.8 Å². The van der Waals surface area contributed by atoms with Crippen LogP contribution in [0.15, 0.2) is 48.8 Å². The summed E-state index contributed by atoms with van der Waals surface area (Å²) in [5, 5.41) is 18.2. The second kappa shape index (κ2) is 8.14. The Hall–Kier alpha value is -3.68. The number of nitro groups is 1. The molecule has 0 aliphatic rings. The highest BCUT2D eigenvalue weighted by atomic mass is 16.6. The third kappa shape index (κ3) is 4.98. The number of rotatable bonds is 6. The van der Waals surface area contributed by atoms with Crippen molar-refractivity contribution in [2.24, 2.45) is 0 Å². The van der Waals surface area contributed by atoms with Gasteiger partial charge in [-0.3, -0.25) is 19.6 Å². The molecule has 0 fully saturated rings. The van der Waals surface area contributed by atoms with Gasteiger partial charge in [-0.1, -0.05) is 6.07 Å². The Kier molecular flexibility index (Phi) is 5.63. The van der Waals surface area contributed by atoms with Crippen molar-refractivity contribution in [2.45, 2.75) is 33.7 Å². The summed E-state index contributed by atoms with van der Waals surface area (Å²) in [6, 6.07) is 9.29. The molecular formula is C21H22N4O4. The summed E-state index contributed by atoms with van der Waals surface area (Å²) in [7, 11) is 0. The molecule has 1 aromatic heterocycles. The smallest absolute Gasteiger partial charge is 0.275 e. The molecule has 150 valence electrons. The Balaban J connectivity index is 1.86. The molecule has 8 heteroatoms. The SMILES string of the molecule is Cc1cc(C)cc(Oc2cc(NC(=O)C(C)n3cc(C)cn3)cc([N+](=O)[O-])c2)c1. The number of hydrogen-bond donors (Lipinski definition) is 1. The minimum absolute atomic E-state index is 0.176. The molecule has 8 nitrogen and oxygen atoms in total. The predicted molar refractivity (Wildman–Crippen MR) is 109 cm³/mol. The van der Waals surface area contributed by atoms with Gasteiger partial charge >= 0.3 is 0 Å². The van der Waals surface area contributed by atoms with Crippen molar-refractivity contribution >= 4 is 17.3 Å². The molecule has 3 aromatic rings. The van der Waals surface area contributed by atoms with Crippen LogP contribution in [0.3, 0.4) is 0 Å². The number of benzene rings is 2. The molecule has 0 saturated carbocycles. The van der Waals surface area contributed by atoms with E-state index in [1.807, 2.05) is 39.0 Å². The van der Waals surface area contributed by atoms with Gasteiger partial charge in [0.1, 0.15) is 17.5 Å². The first-order valence-electron chi connectivity index (χ1n) is 9.08. The number of carbonyl (C=O) groups excluding carboxylic acids is 1. The molecule has 29 heavy (non-hydrogen) atoms. The van der Waals surface area contributed by atoms with E-state index in [0.29, 0.717) is 5.75 Å². The summed E-state index contributed by atoms with van der Waals surface area (Å²) in [5.74, 6) is 0.494. The first kappa shape index (κ1) is 20.1. The number of hydrogen-bond acceptors (Lipinski definition) is 5. The lowest BCUT2D eigenvalue weighted by atomic mass is 10.1. The summed E-state index contributed by atoms with van der Waals surface area (Å²) in [6.45, 7) is 7.46. The molecule has 0 aliphatic heterocycles. The van der Waals surface area contributed by atoms with Gasteiger partial charge in [-0.15, -0.1) is 0 Å². The summed E-state index contributed by atoms with van der Waals surface area (Å²) in [5.41, 5.74) is 3.07. The van der Waals surface area contributed by atoms with E-state index in [0.717, 1.165) is 16.7 Å². The van der Waals surface area contributed by atoms with Crippen LogP contribution in [0.4, 0.5) is 11.4 Å². The van der Waals surface area contributed by atoms with E-state index in [2.05, 4.69) is 10.4 Å². The Morgan fingerprint density at radius 1 is 1.07 bits per heavy atom. The van der Waals surface area contributed by atoms with Crippen LogP contribution < -0.4 is 10.1 Å². The second-order valence-corrected chi connectivity index (χ2v) is 7.06. The maximum Gasteiger partial charge on any atom is 0.275 e. The highest BCUT2D eigenvalue weighted by Gasteiger charge is 2.18. The molecule has 0 saturated heterocycles. The van der Waals surface area contributed by atoms with Crippen LogP contribution in [0.1, 0.15) is 29.7 Å². The van der Waals surface area contributed by atoms with Gasteiger partial charge in [0.05, 0.1) is 22.9 Å². The van der Waals surface area contributed by atoms with Gasteiger partial charge in [0.2, 0.25) is 5.91 Å². The maximum absolute atomic E-state index is 12.6. The Labute approximate surface area is 168 Å². The third-order valence-electron chi connectivity index (χ3n) is 4.31. The zero-order valence-electron chi connectivity index (χ0n) is 16.7. The van der Waals surface area contributed by atoms with Crippen molar-refractivity contribution in [3.05, 3.63) is 75.6 Å². The minimum Gasteiger partial charge on any atom is -0.457 e. The van der Waals surface area contributed by atoms with Crippen molar-refractivity contribution in [1.82, 2.24) is 9.78 Å². The summed E-state index contributed by atoms with van der Waals surface area (Å²) < 4.78 is 7.36. The van der Waals surface area contributed by atoms with Crippen LogP contribution in [0.5, 0.6) is 11.5 Å². The summed E-state index contributed by atoms with van der Waals surface area (Å²) in [4.78, 5) is 23.4. The van der Waals surface area contributed by atoms with Gasteiger partial charge < -0.3 is 10.1 Å². The van der Waals surface area contributed by atoms with Gasteiger partial charge in [-0.25, -0.2) is 0 Å². The maximum atomic E-state index is 12.6. The monoisotopic (exact) mass is 394 g/mol. The zero-order chi connectivity index (χ0) is 21.1. The highest BCUT2D eigenvalue weighted by molar-refractivity contribution is 5.94. The molecule has 0 bridgehead atoms. The van der Waals surface area contributed by atoms with Crippen molar-refractivity contribution in [3.63, 3.8) is 0 Å². The Bertz CT molecular complexity index is 1050. The van der Waals surface area contributed by atoms with Crippen LogP contribution in [-0.4, -0.2) is 20.6 Å². The minimum atomic E-state index is -0.577. The van der Waals surface area contributed by atoms with Crippen molar-refractivity contribution in [1.29, 1.82) is 0 Å². The lowest BCUT2D eigenvalue weighted by molar-refractivity contribution is -0.384. The zero-order valence-corrected chi connectivity index (χ0v) is 16.7. The van der Waals surface area contributed by atoms with Crippen molar-refractivity contribution < 1.29 is 14.5 Å². The van der Waals surface area contributed by atoms with Crippen LogP contribution in [0.25, 0.3) is 0 Å². The van der Waals surface area contributed by atoms with E-state index >= 15 is 0 Å². The number of ether oxygens (including phenoxy) is 1. The fraction of sp³-hybridized carbons (Fsp3) is 0.238. The number of non-ortho nitro benzene ring substituents is 1. The number of anilines is 1. The summed E-state index contributed by atoms with van der Waals surface area (Å²) >= 11 is 0.